The molecule has 3 aromatic rings. The van der Waals surface area contributed by atoms with Crippen molar-refractivity contribution in [3.05, 3.63) is 87.9 Å². The van der Waals surface area contributed by atoms with Gasteiger partial charge in [-0.3, -0.25) is 9.59 Å². The van der Waals surface area contributed by atoms with Gasteiger partial charge in [-0.25, -0.2) is 4.39 Å². The van der Waals surface area contributed by atoms with Crippen molar-refractivity contribution in [2.75, 3.05) is 26.2 Å². The van der Waals surface area contributed by atoms with Crippen molar-refractivity contribution < 1.29 is 18.7 Å². The molecule has 4 rings (SSSR count). The summed E-state index contributed by atoms with van der Waals surface area (Å²) in [7, 11) is 0. The highest BCUT2D eigenvalue weighted by Gasteiger charge is 2.33. The molecule has 0 saturated carbocycles. The summed E-state index contributed by atoms with van der Waals surface area (Å²) in [6.07, 6.45) is 0.780. The average Bonchev–Trinajstić information content (AvgIpc) is 3.32. The Kier molecular flexibility index (Phi) is 7.63. The number of carbonyl (C=O) groups is 2. The van der Waals surface area contributed by atoms with Crippen molar-refractivity contribution in [3.8, 4) is 5.75 Å². The number of fused-ring (bicyclic) bond motifs is 1. The first-order valence-electron chi connectivity index (χ1n) is 11.5. The van der Waals surface area contributed by atoms with Gasteiger partial charge in [0, 0.05) is 23.5 Å². The lowest BCUT2D eigenvalue weighted by Crippen LogP contribution is -2.48. The van der Waals surface area contributed by atoms with E-state index in [9.17, 15) is 14.0 Å². The van der Waals surface area contributed by atoms with E-state index in [0.29, 0.717) is 24.4 Å². The molecule has 5 nitrogen and oxygen atoms in total. The fourth-order valence-corrected chi connectivity index (χ4v) is 5.19. The van der Waals surface area contributed by atoms with Gasteiger partial charge in [-0.15, -0.1) is 11.3 Å². The average molecular weight is 481 g/mol. The maximum absolute atomic E-state index is 13.6. The summed E-state index contributed by atoms with van der Waals surface area (Å²) in [5.74, 6) is 0.208. The second kappa shape index (κ2) is 10.8. The Hall–Kier alpha value is -3.19. The zero-order chi connectivity index (χ0) is 24.1. The number of halogens is 1. The van der Waals surface area contributed by atoms with Gasteiger partial charge in [0.05, 0.1) is 6.04 Å². The first-order chi connectivity index (χ1) is 16.4. The van der Waals surface area contributed by atoms with Crippen LogP contribution in [0.3, 0.4) is 0 Å². The quantitative estimate of drug-likeness (QED) is 0.446. The lowest BCUT2D eigenvalue weighted by molar-refractivity contribution is -0.135. The standard InChI is InChI=1S/C27H29FN2O3S/c1-19(2)16-29(27(32)20-6-4-3-5-7-20)17-26(31)30-14-12-25-23(13-15-34-25)24(30)18-33-22-10-8-21(28)9-11-22/h3-11,13,15,19,24H,12,14,16-18H2,1-2H3/t24-/m0/s1. The van der Waals surface area contributed by atoms with E-state index in [1.165, 1.54) is 17.0 Å². The van der Waals surface area contributed by atoms with Crippen LogP contribution in [0.15, 0.2) is 66.0 Å². The van der Waals surface area contributed by atoms with Crippen molar-refractivity contribution in [2.24, 2.45) is 5.92 Å². The topological polar surface area (TPSA) is 49.9 Å². The highest BCUT2D eigenvalue weighted by atomic mass is 32.1. The van der Waals surface area contributed by atoms with Crippen molar-refractivity contribution in [3.63, 3.8) is 0 Å². The third kappa shape index (κ3) is 5.65. The maximum atomic E-state index is 13.6. The number of rotatable bonds is 8. The van der Waals surface area contributed by atoms with E-state index in [-0.39, 0.29) is 42.7 Å². The summed E-state index contributed by atoms with van der Waals surface area (Å²) in [5, 5.41) is 2.04. The van der Waals surface area contributed by atoms with E-state index < -0.39 is 0 Å². The molecule has 2 heterocycles. The van der Waals surface area contributed by atoms with Crippen LogP contribution in [0.4, 0.5) is 4.39 Å². The zero-order valence-corrected chi connectivity index (χ0v) is 20.3. The molecule has 0 N–H and O–H groups in total. The Morgan fingerprint density at radius 2 is 1.85 bits per heavy atom. The van der Waals surface area contributed by atoms with Gasteiger partial charge in [0.1, 0.15) is 24.7 Å². The van der Waals surface area contributed by atoms with Crippen molar-refractivity contribution in [1.82, 2.24) is 9.80 Å². The van der Waals surface area contributed by atoms with Crippen LogP contribution in [0, 0.1) is 11.7 Å². The molecule has 0 spiro atoms. The Morgan fingerprint density at radius 3 is 2.56 bits per heavy atom. The fourth-order valence-electron chi connectivity index (χ4n) is 4.26. The molecular weight excluding hydrogens is 451 g/mol. The predicted molar refractivity (Wildman–Crippen MR) is 132 cm³/mol. The normalized spacial score (nSPS) is 15.2. The first kappa shape index (κ1) is 24.0. The van der Waals surface area contributed by atoms with Crippen LogP contribution >= 0.6 is 11.3 Å². The molecule has 1 atom stereocenters. The first-order valence-corrected chi connectivity index (χ1v) is 12.4. The Morgan fingerprint density at radius 1 is 1.12 bits per heavy atom. The molecule has 7 heteroatoms. The monoisotopic (exact) mass is 480 g/mol. The second-order valence-corrected chi connectivity index (χ2v) is 9.86. The van der Waals surface area contributed by atoms with Gasteiger partial charge in [0.25, 0.3) is 5.91 Å². The van der Waals surface area contributed by atoms with Gasteiger partial charge < -0.3 is 14.5 Å². The van der Waals surface area contributed by atoms with E-state index in [0.717, 1.165) is 12.0 Å². The van der Waals surface area contributed by atoms with Crippen LogP contribution in [-0.2, 0) is 11.2 Å². The van der Waals surface area contributed by atoms with E-state index in [1.54, 1.807) is 40.5 Å². The van der Waals surface area contributed by atoms with E-state index in [4.69, 9.17) is 4.74 Å². The number of hydrogen-bond donors (Lipinski definition) is 0. The van der Waals surface area contributed by atoms with E-state index >= 15 is 0 Å². The highest BCUT2D eigenvalue weighted by Crippen LogP contribution is 2.34. The predicted octanol–water partition coefficient (Wildman–Crippen LogP) is 5.19. The van der Waals surface area contributed by atoms with Crippen LogP contribution in [0.5, 0.6) is 5.75 Å². The van der Waals surface area contributed by atoms with Crippen molar-refractivity contribution in [1.29, 1.82) is 0 Å². The largest absolute Gasteiger partial charge is 0.491 e. The number of nitrogens with zero attached hydrogens (tertiary/aromatic N) is 2. The summed E-state index contributed by atoms with van der Waals surface area (Å²) in [5.41, 5.74) is 1.66. The highest BCUT2D eigenvalue weighted by molar-refractivity contribution is 7.10. The zero-order valence-electron chi connectivity index (χ0n) is 19.4. The lowest BCUT2D eigenvalue weighted by atomic mass is 10.00. The van der Waals surface area contributed by atoms with Gasteiger partial charge in [-0.05, 0) is 65.7 Å². The molecule has 178 valence electrons. The second-order valence-electron chi connectivity index (χ2n) is 8.86. The molecule has 2 aromatic carbocycles. The number of ether oxygens (including phenoxy) is 1. The molecule has 0 aliphatic carbocycles. The summed E-state index contributed by atoms with van der Waals surface area (Å²) in [6, 6.07) is 16.7. The minimum atomic E-state index is -0.324. The van der Waals surface area contributed by atoms with Gasteiger partial charge in [-0.2, -0.15) is 0 Å². The van der Waals surface area contributed by atoms with E-state index in [2.05, 4.69) is 0 Å². The molecule has 2 amide bonds. The summed E-state index contributed by atoms with van der Waals surface area (Å²) >= 11 is 1.68. The van der Waals surface area contributed by atoms with Crippen LogP contribution < -0.4 is 4.74 Å². The fraction of sp³-hybridized carbons (Fsp3) is 0.333. The molecule has 0 unspecified atom stereocenters. The van der Waals surface area contributed by atoms with E-state index in [1.807, 2.05) is 48.4 Å². The number of thiophene rings is 1. The van der Waals surface area contributed by atoms with Crippen LogP contribution in [-0.4, -0.2) is 47.9 Å². The van der Waals surface area contributed by atoms with Crippen LogP contribution in [0.25, 0.3) is 0 Å². The molecule has 0 radical (unpaired) electrons. The van der Waals surface area contributed by atoms with Gasteiger partial charge in [-0.1, -0.05) is 32.0 Å². The van der Waals surface area contributed by atoms with Crippen molar-refractivity contribution in [2.45, 2.75) is 26.3 Å². The molecule has 0 fully saturated rings. The number of carbonyl (C=O) groups excluding carboxylic acids is 2. The third-order valence-electron chi connectivity index (χ3n) is 5.86. The minimum Gasteiger partial charge on any atom is -0.491 e. The van der Waals surface area contributed by atoms with Crippen LogP contribution in [0.1, 0.15) is 40.7 Å². The van der Waals surface area contributed by atoms with Crippen LogP contribution in [0.2, 0.25) is 0 Å². The van der Waals surface area contributed by atoms with Gasteiger partial charge in [0.15, 0.2) is 0 Å². The molecule has 34 heavy (non-hydrogen) atoms. The Balaban J connectivity index is 1.52. The van der Waals surface area contributed by atoms with Gasteiger partial charge >= 0.3 is 0 Å². The summed E-state index contributed by atoms with van der Waals surface area (Å²) in [4.78, 5) is 31.4. The number of benzene rings is 2. The molecule has 1 aliphatic rings. The summed E-state index contributed by atoms with van der Waals surface area (Å²) in [6.45, 7) is 5.41. The number of amides is 2. The van der Waals surface area contributed by atoms with Crippen molar-refractivity contribution >= 4 is 23.2 Å². The number of hydrogen-bond acceptors (Lipinski definition) is 4. The molecule has 1 aromatic heterocycles. The van der Waals surface area contributed by atoms with Gasteiger partial charge in [0.2, 0.25) is 5.91 Å². The third-order valence-corrected chi connectivity index (χ3v) is 6.85. The molecule has 0 bridgehead atoms. The molecule has 1 aliphatic heterocycles. The smallest absolute Gasteiger partial charge is 0.254 e. The maximum Gasteiger partial charge on any atom is 0.254 e. The molecule has 0 saturated heterocycles. The Bertz CT molecular complexity index is 1110. The Labute approximate surface area is 203 Å². The lowest BCUT2D eigenvalue weighted by Gasteiger charge is -2.37. The summed E-state index contributed by atoms with van der Waals surface area (Å²) < 4.78 is 19.2. The SMILES string of the molecule is CC(C)CN(CC(=O)N1CCc2sccc2[C@@H]1COc1ccc(F)cc1)C(=O)c1ccccc1. The molecular formula is C27H29FN2O3S. The minimum absolute atomic E-state index is 0.0123.